The summed E-state index contributed by atoms with van der Waals surface area (Å²) in [6.07, 6.45) is 39.1. The Morgan fingerprint density at radius 3 is 0.895 bits per heavy atom. The van der Waals surface area contributed by atoms with Crippen molar-refractivity contribution in [1.82, 2.24) is 0 Å². The fraction of sp³-hybridized carbons (Fsp3) is 1.00. The van der Waals surface area contributed by atoms with E-state index in [1.807, 2.05) is 0 Å². The van der Waals surface area contributed by atoms with E-state index >= 15 is 0 Å². The van der Waals surface area contributed by atoms with Crippen molar-refractivity contribution in [3.05, 3.63) is 0 Å². The van der Waals surface area contributed by atoms with Gasteiger partial charge in [-0.15, -0.1) is 0 Å². The molecular formula is C34H73Cl2PSi. The summed E-state index contributed by atoms with van der Waals surface area (Å²) in [5, 5.41) is 0. The van der Waals surface area contributed by atoms with Crippen molar-refractivity contribution in [2.24, 2.45) is 0 Å². The molecule has 0 atom stereocenters. The van der Waals surface area contributed by atoms with Crippen LogP contribution in [0.3, 0.4) is 0 Å². The number of hydrogen-bond acceptors (Lipinski definition) is 0. The van der Waals surface area contributed by atoms with E-state index in [-0.39, 0.29) is 0 Å². The second-order valence-electron chi connectivity index (χ2n) is 13.6. The van der Waals surface area contributed by atoms with Crippen LogP contribution >= 0.6 is 28.3 Å². The SMILES string of the molecule is CCCCCCCCP(Cl)(CCCCCCCC)(CCCCCCCC)CCCCCCCC[Si](C)(C)Cl. The minimum absolute atomic E-state index is 1.28. The van der Waals surface area contributed by atoms with Gasteiger partial charge in [0, 0.05) is 0 Å². The summed E-state index contributed by atoms with van der Waals surface area (Å²) >= 11 is 14.7. The minimum atomic E-state index is -2.14. The van der Waals surface area contributed by atoms with E-state index in [0.29, 0.717) is 0 Å². The molecule has 0 N–H and O–H groups in total. The predicted octanol–water partition coefficient (Wildman–Crippen LogP) is 14.6. The van der Waals surface area contributed by atoms with E-state index in [2.05, 4.69) is 33.9 Å². The third-order valence-electron chi connectivity index (χ3n) is 8.95. The van der Waals surface area contributed by atoms with Gasteiger partial charge in [0.15, 0.2) is 0 Å². The Labute approximate surface area is 253 Å². The number of halogens is 2. The Morgan fingerprint density at radius 2 is 0.632 bits per heavy atom. The Kier molecular flexibility index (Phi) is 25.6. The molecule has 0 saturated heterocycles. The van der Waals surface area contributed by atoms with Gasteiger partial charge in [-0.05, 0) is 0 Å². The summed E-state index contributed by atoms with van der Waals surface area (Å²) in [6.45, 7) is 11.6. The third kappa shape index (κ3) is 23.9. The van der Waals surface area contributed by atoms with E-state index in [1.54, 1.807) is 0 Å². The van der Waals surface area contributed by atoms with E-state index in [1.165, 1.54) is 185 Å². The summed E-state index contributed by atoms with van der Waals surface area (Å²) in [6, 6.07) is 1.28. The molecule has 232 valence electrons. The van der Waals surface area contributed by atoms with Crippen molar-refractivity contribution >= 4 is 35.7 Å². The predicted molar refractivity (Wildman–Crippen MR) is 188 cm³/mol. The number of unbranched alkanes of at least 4 members (excludes halogenated alkanes) is 20. The van der Waals surface area contributed by atoms with Crippen LogP contribution in [0.25, 0.3) is 0 Å². The van der Waals surface area contributed by atoms with Crippen LogP contribution in [0, 0.1) is 0 Å². The summed E-state index contributed by atoms with van der Waals surface area (Å²) in [5.74, 6) is -2.14. The molecule has 0 unspecified atom stereocenters. The summed E-state index contributed by atoms with van der Waals surface area (Å²) in [7, 11) is -1.38. The van der Waals surface area contributed by atoms with Gasteiger partial charge < -0.3 is 0 Å². The Morgan fingerprint density at radius 1 is 0.395 bits per heavy atom. The average molecular weight is 612 g/mol. The van der Waals surface area contributed by atoms with Gasteiger partial charge in [-0.25, -0.2) is 0 Å². The molecule has 0 bridgehead atoms. The van der Waals surface area contributed by atoms with Crippen molar-refractivity contribution in [2.45, 2.75) is 194 Å². The molecule has 0 aromatic rings. The van der Waals surface area contributed by atoms with Crippen molar-refractivity contribution in [2.75, 3.05) is 24.6 Å². The van der Waals surface area contributed by atoms with Crippen LogP contribution in [0.15, 0.2) is 0 Å². The third-order valence-corrected chi connectivity index (χ3v) is 18.8. The molecule has 0 nitrogen and oxygen atoms in total. The summed E-state index contributed by atoms with van der Waals surface area (Å²) in [5.41, 5.74) is 0. The van der Waals surface area contributed by atoms with Gasteiger partial charge in [-0.2, -0.15) is 0 Å². The summed E-state index contributed by atoms with van der Waals surface area (Å²) < 4.78 is 0. The number of rotatable bonds is 30. The maximum atomic E-state index is 8.15. The van der Waals surface area contributed by atoms with Gasteiger partial charge >= 0.3 is 254 Å². The molecule has 0 spiro atoms. The van der Waals surface area contributed by atoms with Crippen LogP contribution in [0.1, 0.15) is 175 Å². The molecule has 0 aliphatic rings. The molecule has 0 aromatic carbocycles. The molecule has 4 heteroatoms. The van der Waals surface area contributed by atoms with Crippen LogP contribution < -0.4 is 0 Å². The first kappa shape index (κ1) is 39.2. The first-order valence-electron chi connectivity index (χ1n) is 17.6. The van der Waals surface area contributed by atoms with Gasteiger partial charge in [-0.3, -0.25) is 0 Å². The molecule has 0 aromatic heterocycles. The van der Waals surface area contributed by atoms with Crippen molar-refractivity contribution in [1.29, 1.82) is 0 Å². The normalized spacial score (nSPS) is 13.6. The van der Waals surface area contributed by atoms with Gasteiger partial charge in [0.25, 0.3) is 0 Å². The second-order valence-corrected chi connectivity index (χ2v) is 28.9. The van der Waals surface area contributed by atoms with E-state index in [4.69, 9.17) is 22.3 Å². The Balaban J connectivity index is 5.00. The molecule has 0 saturated carbocycles. The number of hydrogen-bond donors (Lipinski definition) is 0. The monoisotopic (exact) mass is 610 g/mol. The van der Waals surface area contributed by atoms with Crippen LogP contribution in [0.5, 0.6) is 0 Å². The van der Waals surface area contributed by atoms with Gasteiger partial charge in [-0.1, -0.05) is 0 Å². The van der Waals surface area contributed by atoms with E-state index < -0.39 is 13.3 Å². The zero-order chi connectivity index (χ0) is 28.5. The van der Waals surface area contributed by atoms with Gasteiger partial charge in [0.1, 0.15) is 0 Å². The quantitative estimate of drug-likeness (QED) is 0.0328. The maximum absolute atomic E-state index is 8.15. The Bertz CT molecular complexity index is 462. The molecule has 0 rings (SSSR count). The second kappa shape index (κ2) is 24.8. The Hall–Kier alpha value is 1.23. The molecular weight excluding hydrogens is 538 g/mol. The van der Waals surface area contributed by atoms with Crippen molar-refractivity contribution in [3.8, 4) is 0 Å². The van der Waals surface area contributed by atoms with Crippen molar-refractivity contribution < 1.29 is 0 Å². The molecule has 0 radical (unpaired) electrons. The fourth-order valence-corrected chi connectivity index (χ4v) is 14.6. The van der Waals surface area contributed by atoms with E-state index in [9.17, 15) is 0 Å². The van der Waals surface area contributed by atoms with Gasteiger partial charge in [0.05, 0.1) is 0 Å². The standard InChI is InChI=1S/C34H73Cl2PSi/c1-6-9-12-15-20-25-30-37(35,31-26-21-16-13-10-7-2,32-27-22-17-14-11-8-3)33-28-23-18-19-24-29-34-38(4,5)36/h6-34H2,1-5H3. The zero-order valence-corrected chi connectivity index (χ0v) is 30.6. The topological polar surface area (TPSA) is 0 Å². The molecule has 0 fully saturated rings. The van der Waals surface area contributed by atoms with Crippen LogP contribution in [0.4, 0.5) is 0 Å². The zero-order valence-electron chi connectivity index (χ0n) is 27.2. The van der Waals surface area contributed by atoms with E-state index in [0.717, 1.165) is 0 Å². The first-order valence-corrected chi connectivity index (χ1v) is 25.7. The van der Waals surface area contributed by atoms with Crippen LogP contribution in [0.2, 0.25) is 19.1 Å². The fourth-order valence-electron chi connectivity index (χ4n) is 6.29. The van der Waals surface area contributed by atoms with Crippen LogP contribution in [-0.4, -0.2) is 32.0 Å². The molecule has 0 amide bonds. The van der Waals surface area contributed by atoms with Crippen molar-refractivity contribution in [3.63, 3.8) is 0 Å². The molecule has 0 aliphatic heterocycles. The molecule has 38 heavy (non-hydrogen) atoms. The van der Waals surface area contributed by atoms with Gasteiger partial charge in [0.2, 0.25) is 0 Å². The average Bonchev–Trinajstić information content (AvgIpc) is 2.87. The summed E-state index contributed by atoms with van der Waals surface area (Å²) in [4.78, 5) is 0. The first-order chi connectivity index (χ1) is 18.2. The molecule has 0 heterocycles. The molecule has 0 aliphatic carbocycles. The van der Waals surface area contributed by atoms with Crippen LogP contribution in [-0.2, 0) is 0 Å².